The zero-order valence-electron chi connectivity index (χ0n) is 8.08. The smallest absolute Gasteiger partial charge is 0.0433 e. The van der Waals surface area contributed by atoms with Crippen LogP contribution in [-0.4, -0.2) is 23.4 Å². The molecule has 12 heavy (non-hydrogen) atoms. The number of hydrogen-bond acceptors (Lipinski definition) is 2. The summed E-state index contributed by atoms with van der Waals surface area (Å²) in [6.45, 7) is 5.11. The second-order valence-corrected chi connectivity index (χ2v) is 4.48. The second kappa shape index (κ2) is 3.75. The quantitative estimate of drug-likeness (QED) is 0.673. The Hall–Kier alpha value is -0.0800. The van der Waals surface area contributed by atoms with E-state index < -0.39 is 0 Å². The van der Waals surface area contributed by atoms with E-state index in [2.05, 4.69) is 13.8 Å². The standard InChI is InChI=1S/C10H20O2/c1-10(2)8(3-5-11)7-9(10)4-6-12/h8-9,11-12H,3-7H2,1-2H3/t8-,9-/m1/s1. The number of aliphatic hydroxyl groups excluding tert-OH is 2. The molecule has 1 rings (SSSR count). The molecule has 0 aromatic rings. The number of hydrogen-bond donors (Lipinski definition) is 2. The van der Waals surface area contributed by atoms with Crippen molar-refractivity contribution in [2.24, 2.45) is 17.3 Å². The Bertz CT molecular complexity index is 129. The molecular weight excluding hydrogens is 152 g/mol. The molecule has 0 aromatic heterocycles. The molecule has 1 saturated carbocycles. The van der Waals surface area contributed by atoms with E-state index in [9.17, 15) is 0 Å². The van der Waals surface area contributed by atoms with Crippen molar-refractivity contribution in [1.82, 2.24) is 0 Å². The molecule has 2 atom stereocenters. The lowest BCUT2D eigenvalue weighted by Gasteiger charge is -2.52. The van der Waals surface area contributed by atoms with E-state index >= 15 is 0 Å². The Morgan fingerprint density at radius 1 is 1.08 bits per heavy atom. The minimum atomic E-state index is 0.305. The lowest BCUT2D eigenvalue weighted by Crippen LogP contribution is -2.45. The van der Waals surface area contributed by atoms with Gasteiger partial charge >= 0.3 is 0 Å². The molecule has 0 spiro atoms. The van der Waals surface area contributed by atoms with Gasteiger partial charge < -0.3 is 10.2 Å². The molecule has 1 aliphatic rings. The Balaban J connectivity index is 2.36. The van der Waals surface area contributed by atoms with Crippen molar-refractivity contribution in [2.45, 2.75) is 33.1 Å². The van der Waals surface area contributed by atoms with Crippen LogP contribution in [-0.2, 0) is 0 Å². The Morgan fingerprint density at radius 2 is 1.50 bits per heavy atom. The fourth-order valence-corrected chi connectivity index (χ4v) is 2.42. The third-order valence-corrected chi connectivity index (χ3v) is 3.63. The van der Waals surface area contributed by atoms with E-state index in [0.29, 0.717) is 30.5 Å². The third-order valence-electron chi connectivity index (χ3n) is 3.63. The van der Waals surface area contributed by atoms with E-state index in [4.69, 9.17) is 10.2 Å². The highest BCUT2D eigenvalue weighted by molar-refractivity contribution is 4.95. The van der Waals surface area contributed by atoms with Crippen molar-refractivity contribution in [3.8, 4) is 0 Å². The zero-order chi connectivity index (χ0) is 9.19. The van der Waals surface area contributed by atoms with Crippen LogP contribution in [0.25, 0.3) is 0 Å². The van der Waals surface area contributed by atoms with Crippen LogP contribution in [0.4, 0.5) is 0 Å². The van der Waals surface area contributed by atoms with Gasteiger partial charge in [-0.3, -0.25) is 0 Å². The SMILES string of the molecule is CC1(C)[C@H](CCO)C[C@H]1CCO. The molecule has 0 aromatic carbocycles. The van der Waals surface area contributed by atoms with Gasteiger partial charge in [-0.1, -0.05) is 13.8 Å². The van der Waals surface area contributed by atoms with Gasteiger partial charge in [0.1, 0.15) is 0 Å². The molecule has 72 valence electrons. The summed E-state index contributed by atoms with van der Waals surface area (Å²) < 4.78 is 0. The van der Waals surface area contributed by atoms with Crippen LogP contribution in [0.15, 0.2) is 0 Å². The predicted molar refractivity (Wildman–Crippen MR) is 48.8 cm³/mol. The normalized spacial score (nSPS) is 33.0. The van der Waals surface area contributed by atoms with Crippen molar-refractivity contribution in [3.63, 3.8) is 0 Å². The van der Waals surface area contributed by atoms with Gasteiger partial charge in [-0.15, -0.1) is 0 Å². The summed E-state index contributed by atoms with van der Waals surface area (Å²) in [4.78, 5) is 0. The maximum absolute atomic E-state index is 8.80. The molecular formula is C10H20O2. The maximum Gasteiger partial charge on any atom is 0.0433 e. The molecule has 1 aliphatic carbocycles. The lowest BCUT2D eigenvalue weighted by atomic mass is 9.53. The first kappa shape index (κ1) is 10.0. The van der Waals surface area contributed by atoms with Gasteiger partial charge in [-0.05, 0) is 36.5 Å². The topological polar surface area (TPSA) is 40.5 Å². The van der Waals surface area contributed by atoms with Gasteiger partial charge in [0.25, 0.3) is 0 Å². The van der Waals surface area contributed by atoms with Gasteiger partial charge in [-0.25, -0.2) is 0 Å². The van der Waals surface area contributed by atoms with E-state index in [-0.39, 0.29) is 0 Å². The maximum atomic E-state index is 8.80. The van der Waals surface area contributed by atoms with Gasteiger partial charge in [-0.2, -0.15) is 0 Å². The molecule has 0 unspecified atom stereocenters. The van der Waals surface area contributed by atoms with Crippen molar-refractivity contribution in [1.29, 1.82) is 0 Å². The summed E-state index contributed by atoms with van der Waals surface area (Å²) in [5.74, 6) is 1.33. The molecule has 2 nitrogen and oxygen atoms in total. The summed E-state index contributed by atoms with van der Waals surface area (Å²) in [5.41, 5.74) is 0.339. The van der Waals surface area contributed by atoms with Crippen LogP contribution in [0.1, 0.15) is 33.1 Å². The summed E-state index contributed by atoms with van der Waals surface area (Å²) in [5, 5.41) is 17.6. The fraction of sp³-hybridized carbons (Fsp3) is 1.00. The molecule has 2 heteroatoms. The first-order chi connectivity index (χ1) is 5.62. The van der Waals surface area contributed by atoms with E-state index in [1.54, 1.807) is 0 Å². The van der Waals surface area contributed by atoms with Gasteiger partial charge in [0.15, 0.2) is 0 Å². The number of aliphatic hydroxyl groups is 2. The minimum Gasteiger partial charge on any atom is -0.396 e. The van der Waals surface area contributed by atoms with Crippen molar-refractivity contribution < 1.29 is 10.2 Å². The molecule has 0 saturated heterocycles. The van der Waals surface area contributed by atoms with Crippen LogP contribution < -0.4 is 0 Å². The summed E-state index contributed by atoms with van der Waals surface area (Å²) >= 11 is 0. The number of rotatable bonds is 4. The fourth-order valence-electron chi connectivity index (χ4n) is 2.42. The van der Waals surface area contributed by atoms with Gasteiger partial charge in [0, 0.05) is 13.2 Å². The Kier molecular flexibility index (Phi) is 3.13. The van der Waals surface area contributed by atoms with Crippen molar-refractivity contribution >= 4 is 0 Å². The average Bonchev–Trinajstić information content (AvgIpc) is 2.03. The summed E-state index contributed by atoms with van der Waals surface area (Å²) in [7, 11) is 0. The lowest BCUT2D eigenvalue weighted by molar-refractivity contribution is -0.0448. The molecule has 2 N–H and O–H groups in total. The molecule has 1 fully saturated rings. The van der Waals surface area contributed by atoms with Crippen LogP contribution in [0.3, 0.4) is 0 Å². The highest BCUT2D eigenvalue weighted by atomic mass is 16.3. The molecule has 0 radical (unpaired) electrons. The van der Waals surface area contributed by atoms with Crippen LogP contribution in [0, 0.1) is 17.3 Å². The Labute approximate surface area is 74.6 Å². The monoisotopic (exact) mass is 172 g/mol. The predicted octanol–water partition coefficient (Wildman–Crippen LogP) is 1.41. The van der Waals surface area contributed by atoms with E-state index in [1.807, 2.05) is 0 Å². The second-order valence-electron chi connectivity index (χ2n) is 4.48. The molecule has 0 heterocycles. The highest BCUT2D eigenvalue weighted by Crippen LogP contribution is 2.53. The van der Waals surface area contributed by atoms with Crippen molar-refractivity contribution in [2.75, 3.05) is 13.2 Å². The highest BCUT2D eigenvalue weighted by Gasteiger charge is 2.46. The van der Waals surface area contributed by atoms with Crippen LogP contribution in [0.2, 0.25) is 0 Å². The summed E-state index contributed by atoms with van der Waals surface area (Å²) in [6.07, 6.45) is 3.04. The molecule has 0 amide bonds. The van der Waals surface area contributed by atoms with E-state index in [0.717, 1.165) is 12.8 Å². The van der Waals surface area contributed by atoms with E-state index in [1.165, 1.54) is 6.42 Å². The Morgan fingerprint density at radius 3 is 1.75 bits per heavy atom. The molecule has 0 bridgehead atoms. The minimum absolute atomic E-state index is 0.305. The largest absolute Gasteiger partial charge is 0.396 e. The third kappa shape index (κ3) is 1.64. The van der Waals surface area contributed by atoms with Crippen LogP contribution in [0.5, 0.6) is 0 Å². The molecule has 0 aliphatic heterocycles. The van der Waals surface area contributed by atoms with Gasteiger partial charge in [0.2, 0.25) is 0 Å². The first-order valence-corrected chi connectivity index (χ1v) is 4.84. The first-order valence-electron chi connectivity index (χ1n) is 4.84. The van der Waals surface area contributed by atoms with Crippen LogP contribution >= 0.6 is 0 Å². The van der Waals surface area contributed by atoms with Gasteiger partial charge in [0.05, 0.1) is 0 Å². The summed E-state index contributed by atoms with van der Waals surface area (Å²) in [6, 6.07) is 0. The zero-order valence-corrected chi connectivity index (χ0v) is 8.08. The van der Waals surface area contributed by atoms with Crippen molar-refractivity contribution in [3.05, 3.63) is 0 Å². The average molecular weight is 172 g/mol.